The van der Waals surface area contributed by atoms with Gasteiger partial charge in [-0.15, -0.1) is 0 Å². The number of rotatable bonds is 4. The molecule has 2 aromatic heterocycles. The van der Waals surface area contributed by atoms with Crippen molar-refractivity contribution in [2.45, 2.75) is 45.1 Å². The molecule has 2 aliphatic rings. The molecule has 0 bridgehead atoms. The molecular formula is C21H24N4O. The number of nitrogens with zero attached hydrogens (tertiary/aromatic N) is 3. The number of aryl methyl sites for hydroxylation is 2. The molecule has 0 spiro atoms. The smallest absolute Gasteiger partial charge is 0.165 e. The third-order valence-electron chi connectivity index (χ3n) is 5.55. The van der Waals surface area contributed by atoms with E-state index in [1.54, 1.807) is 0 Å². The molecule has 5 rings (SSSR count). The lowest BCUT2D eigenvalue weighted by Crippen LogP contribution is -2.21. The van der Waals surface area contributed by atoms with Crippen LogP contribution in [0.2, 0.25) is 0 Å². The molecular weight excluding hydrogens is 324 g/mol. The van der Waals surface area contributed by atoms with Gasteiger partial charge in [-0.05, 0) is 44.6 Å². The average molecular weight is 348 g/mol. The molecule has 0 unspecified atom stereocenters. The highest BCUT2D eigenvalue weighted by Crippen LogP contribution is 2.34. The molecule has 5 heteroatoms. The van der Waals surface area contributed by atoms with Crippen molar-refractivity contribution in [3.63, 3.8) is 0 Å². The van der Waals surface area contributed by atoms with Gasteiger partial charge in [0.05, 0.1) is 11.8 Å². The van der Waals surface area contributed by atoms with Gasteiger partial charge in [0.1, 0.15) is 5.82 Å². The fourth-order valence-electron chi connectivity index (χ4n) is 4.28. The monoisotopic (exact) mass is 348 g/mol. The van der Waals surface area contributed by atoms with Crippen molar-refractivity contribution in [1.29, 1.82) is 0 Å². The van der Waals surface area contributed by atoms with E-state index in [0.717, 1.165) is 61.6 Å². The molecule has 1 N–H and O–H groups in total. The topological polar surface area (TPSA) is 51.5 Å². The first-order valence-corrected chi connectivity index (χ1v) is 9.63. The minimum absolute atomic E-state index is 0.306. The normalized spacial score (nSPS) is 19.2. The minimum Gasteiger partial charge on any atom is -0.376 e. The molecule has 3 aromatic rings. The predicted octanol–water partition coefficient (Wildman–Crippen LogP) is 3.78. The summed E-state index contributed by atoms with van der Waals surface area (Å²) in [6.07, 6.45) is 5.90. The quantitative estimate of drug-likeness (QED) is 0.779. The van der Waals surface area contributed by atoms with Gasteiger partial charge >= 0.3 is 0 Å². The lowest BCUT2D eigenvalue weighted by molar-refractivity contribution is 0.120. The molecule has 134 valence electrons. The van der Waals surface area contributed by atoms with E-state index in [1.165, 1.54) is 23.2 Å². The Morgan fingerprint density at radius 3 is 2.88 bits per heavy atom. The standard InChI is InChI=1S/C21H24N4O/c1-14-19(15-7-3-2-4-8-15)21-23-18-11-5-10-17(18)20(25(21)24-14)22-13-16-9-6-12-26-16/h2-4,7-8,16,22H,5-6,9-13H2,1H3/t16-/m0/s1. The Balaban J connectivity index is 1.63. The van der Waals surface area contributed by atoms with Gasteiger partial charge in [-0.3, -0.25) is 0 Å². The highest BCUT2D eigenvalue weighted by atomic mass is 16.5. The molecule has 1 fully saturated rings. The predicted molar refractivity (Wildman–Crippen MR) is 103 cm³/mol. The summed E-state index contributed by atoms with van der Waals surface area (Å²) < 4.78 is 7.82. The van der Waals surface area contributed by atoms with E-state index >= 15 is 0 Å². The summed E-state index contributed by atoms with van der Waals surface area (Å²) in [6, 6.07) is 10.5. The molecule has 5 nitrogen and oxygen atoms in total. The van der Waals surface area contributed by atoms with E-state index in [2.05, 4.69) is 36.5 Å². The second kappa shape index (κ2) is 6.40. The second-order valence-electron chi connectivity index (χ2n) is 7.32. The molecule has 26 heavy (non-hydrogen) atoms. The number of hydrogen-bond donors (Lipinski definition) is 1. The van der Waals surface area contributed by atoms with Crippen LogP contribution in [0.4, 0.5) is 5.82 Å². The fraction of sp³-hybridized carbons (Fsp3) is 0.429. The van der Waals surface area contributed by atoms with Gasteiger partial charge in [0, 0.05) is 30.0 Å². The largest absolute Gasteiger partial charge is 0.376 e. The first kappa shape index (κ1) is 15.8. The Labute approximate surface area is 153 Å². The van der Waals surface area contributed by atoms with Crippen molar-refractivity contribution in [3.05, 3.63) is 47.3 Å². The van der Waals surface area contributed by atoms with Gasteiger partial charge in [-0.1, -0.05) is 30.3 Å². The zero-order valence-electron chi connectivity index (χ0n) is 15.2. The van der Waals surface area contributed by atoms with Crippen molar-refractivity contribution in [1.82, 2.24) is 14.6 Å². The summed E-state index contributed by atoms with van der Waals surface area (Å²) in [7, 11) is 0. The Kier molecular flexibility index (Phi) is 3.89. The lowest BCUT2D eigenvalue weighted by atomic mass is 10.1. The lowest BCUT2D eigenvalue weighted by Gasteiger charge is -2.16. The van der Waals surface area contributed by atoms with Crippen LogP contribution >= 0.6 is 0 Å². The van der Waals surface area contributed by atoms with Crippen molar-refractivity contribution < 1.29 is 4.74 Å². The Hall–Kier alpha value is -2.40. The Morgan fingerprint density at radius 2 is 2.08 bits per heavy atom. The maximum Gasteiger partial charge on any atom is 0.165 e. The summed E-state index contributed by atoms with van der Waals surface area (Å²) in [5.74, 6) is 1.11. The van der Waals surface area contributed by atoms with Gasteiger partial charge in [-0.2, -0.15) is 9.61 Å². The Bertz CT molecular complexity index is 942. The number of fused-ring (bicyclic) bond motifs is 2. The van der Waals surface area contributed by atoms with E-state index in [-0.39, 0.29) is 0 Å². The maximum atomic E-state index is 5.80. The van der Waals surface area contributed by atoms with Crippen LogP contribution in [-0.4, -0.2) is 33.9 Å². The molecule has 0 radical (unpaired) electrons. The van der Waals surface area contributed by atoms with E-state index in [0.29, 0.717) is 6.10 Å². The summed E-state index contributed by atoms with van der Waals surface area (Å²) in [5, 5.41) is 8.52. The number of aromatic nitrogens is 3. The Morgan fingerprint density at radius 1 is 1.19 bits per heavy atom. The van der Waals surface area contributed by atoms with Gasteiger partial charge < -0.3 is 10.1 Å². The summed E-state index contributed by atoms with van der Waals surface area (Å²) in [4.78, 5) is 5.02. The third-order valence-corrected chi connectivity index (χ3v) is 5.55. The first-order valence-electron chi connectivity index (χ1n) is 9.63. The van der Waals surface area contributed by atoms with E-state index < -0.39 is 0 Å². The fourth-order valence-corrected chi connectivity index (χ4v) is 4.28. The highest BCUT2D eigenvalue weighted by Gasteiger charge is 2.25. The van der Waals surface area contributed by atoms with Crippen LogP contribution in [0, 0.1) is 6.92 Å². The van der Waals surface area contributed by atoms with Crippen LogP contribution < -0.4 is 5.32 Å². The average Bonchev–Trinajstić information content (AvgIpc) is 3.39. The van der Waals surface area contributed by atoms with Crippen LogP contribution in [0.15, 0.2) is 30.3 Å². The van der Waals surface area contributed by atoms with Crippen molar-refractivity contribution in [2.24, 2.45) is 0 Å². The van der Waals surface area contributed by atoms with E-state index in [4.69, 9.17) is 14.8 Å². The number of ether oxygens (including phenoxy) is 1. The van der Waals surface area contributed by atoms with Crippen molar-refractivity contribution in [2.75, 3.05) is 18.5 Å². The van der Waals surface area contributed by atoms with Crippen LogP contribution in [-0.2, 0) is 17.6 Å². The molecule has 0 amide bonds. The van der Waals surface area contributed by atoms with E-state index in [9.17, 15) is 0 Å². The minimum atomic E-state index is 0.306. The third kappa shape index (κ3) is 2.58. The van der Waals surface area contributed by atoms with Crippen LogP contribution in [0.5, 0.6) is 0 Å². The number of nitrogens with one attached hydrogen (secondary N) is 1. The van der Waals surface area contributed by atoms with Crippen LogP contribution in [0.25, 0.3) is 16.8 Å². The number of anilines is 1. The molecule has 3 heterocycles. The molecule has 1 aromatic carbocycles. The van der Waals surface area contributed by atoms with Crippen LogP contribution in [0.1, 0.15) is 36.2 Å². The molecule has 0 saturated carbocycles. The molecule has 1 aliphatic heterocycles. The molecule has 1 atom stereocenters. The first-order chi connectivity index (χ1) is 12.8. The molecule has 1 saturated heterocycles. The number of hydrogen-bond acceptors (Lipinski definition) is 4. The summed E-state index contributed by atoms with van der Waals surface area (Å²) in [5.41, 5.74) is 6.86. The molecule has 1 aliphatic carbocycles. The van der Waals surface area contributed by atoms with Gasteiger partial charge in [-0.25, -0.2) is 4.98 Å². The summed E-state index contributed by atoms with van der Waals surface area (Å²) in [6.45, 7) is 3.80. The highest BCUT2D eigenvalue weighted by molar-refractivity contribution is 5.81. The van der Waals surface area contributed by atoms with Gasteiger partial charge in [0.15, 0.2) is 5.65 Å². The summed E-state index contributed by atoms with van der Waals surface area (Å²) >= 11 is 0. The SMILES string of the molecule is Cc1nn2c(NC[C@@H]3CCCO3)c3c(nc2c1-c1ccccc1)CCC3. The second-order valence-corrected chi connectivity index (χ2v) is 7.32. The van der Waals surface area contributed by atoms with Crippen molar-refractivity contribution in [3.8, 4) is 11.1 Å². The van der Waals surface area contributed by atoms with Gasteiger partial charge in [0.2, 0.25) is 0 Å². The maximum absolute atomic E-state index is 5.80. The zero-order chi connectivity index (χ0) is 17.5. The van der Waals surface area contributed by atoms with Gasteiger partial charge in [0.25, 0.3) is 0 Å². The zero-order valence-corrected chi connectivity index (χ0v) is 15.2. The van der Waals surface area contributed by atoms with E-state index in [1.807, 2.05) is 10.6 Å². The number of benzene rings is 1. The van der Waals surface area contributed by atoms with Crippen molar-refractivity contribution >= 4 is 11.5 Å². The van der Waals surface area contributed by atoms with Crippen LogP contribution in [0.3, 0.4) is 0 Å².